The number of amides is 3. The Morgan fingerprint density at radius 2 is 1.91 bits per heavy atom. The molecule has 6 heteroatoms. The highest BCUT2D eigenvalue weighted by molar-refractivity contribution is 6.31. The molecule has 0 fully saturated rings. The molecule has 23 heavy (non-hydrogen) atoms. The van der Waals surface area contributed by atoms with Crippen LogP contribution in [0.2, 0.25) is 5.02 Å². The minimum Gasteiger partial charge on any atom is -0.366 e. The second-order valence-corrected chi connectivity index (χ2v) is 5.54. The molecule has 3 amide bonds. The van der Waals surface area contributed by atoms with E-state index < -0.39 is 5.91 Å². The van der Waals surface area contributed by atoms with Crippen molar-refractivity contribution in [2.45, 2.75) is 19.5 Å². The third kappa shape index (κ3) is 4.72. The standard InChI is InChI=1S/C17H18ClN3O2/c1-11(14-7-2-3-8-15(14)18)21-17(23)20-10-12-5-4-6-13(9-12)16(19)22/h2-9,11H,10H2,1H3,(H2,19,22)(H2,20,21,23). The summed E-state index contributed by atoms with van der Waals surface area (Å²) < 4.78 is 0. The van der Waals surface area contributed by atoms with Crippen LogP contribution in [0.25, 0.3) is 0 Å². The minimum absolute atomic E-state index is 0.222. The number of urea groups is 1. The first kappa shape index (κ1) is 16.8. The van der Waals surface area contributed by atoms with Gasteiger partial charge in [0, 0.05) is 17.1 Å². The Kier molecular flexibility index (Phi) is 5.60. The van der Waals surface area contributed by atoms with Crippen molar-refractivity contribution >= 4 is 23.5 Å². The Bertz CT molecular complexity index is 718. The lowest BCUT2D eigenvalue weighted by Gasteiger charge is -2.16. The van der Waals surface area contributed by atoms with E-state index in [1.807, 2.05) is 31.2 Å². The van der Waals surface area contributed by atoms with Gasteiger partial charge in [-0.3, -0.25) is 4.79 Å². The molecule has 0 aromatic heterocycles. The molecule has 0 saturated carbocycles. The molecule has 0 spiro atoms. The predicted octanol–water partition coefficient (Wildman–Crippen LogP) is 3.00. The number of halogens is 1. The average molecular weight is 332 g/mol. The zero-order chi connectivity index (χ0) is 16.8. The first-order valence-electron chi connectivity index (χ1n) is 7.15. The number of nitrogens with one attached hydrogen (secondary N) is 2. The average Bonchev–Trinajstić information content (AvgIpc) is 2.53. The van der Waals surface area contributed by atoms with Gasteiger partial charge >= 0.3 is 6.03 Å². The topological polar surface area (TPSA) is 84.2 Å². The second kappa shape index (κ2) is 7.65. The molecule has 0 bridgehead atoms. The van der Waals surface area contributed by atoms with Crippen molar-refractivity contribution in [3.8, 4) is 0 Å². The predicted molar refractivity (Wildman–Crippen MR) is 90.2 cm³/mol. The molecular formula is C17H18ClN3O2. The van der Waals surface area contributed by atoms with Crippen molar-refractivity contribution in [1.82, 2.24) is 10.6 Å². The summed E-state index contributed by atoms with van der Waals surface area (Å²) in [5.41, 5.74) is 7.28. The van der Waals surface area contributed by atoms with Gasteiger partial charge in [0.15, 0.2) is 0 Å². The maximum Gasteiger partial charge on any atom is 0.315 e. The van der Waals surface area contributed by atoms with Crippen LogP contribution < -0.4 is 16.4 Å². The van der Waals surface area contributed by atoms with E-state index >= 15 is 0 Å². The van der Waals surface area contributed by atoms with E-state index in [2.05, 4.69) is 10.6 Å². The fourth-order valence-electron chi connectivity index (χ4n) is 2.17. The number of hydrogen-bond donors (Lipinski definition) is 3. The van der Waals surface area contributed by atoms with Crippen LogP contribution in [0.1, 0.15) is 34.5 Å². The number of rotatable bonds is 5. The monoisotopic (exact) mass is 331 g/mol. The Hall–Kier alpha value is -2.53. The van der Waals surface area contributed by atoms with Gasteiger partial charge in [-0.05, 0) is 36.2 Å². The van der Waals surface area contributed by atoms with Crippen molar-refractivity contribution in [2.24, 2.45) is 5.73 Å². The Morgan fingerprint density at radius 1 is 1.17 bits per heavy atom. The zero-order valence-electron chi connectivity index (χ0n) is 12.7. The van der Waals surface area contributed by atoms with Crippen LogP contribution in [0.5, 0.6) is 0 Å². The molecule has 5 nitrogen and oxygen atoms in total. The molecule has 1 atom stereocenters. The van der Waals surface area contributed by atoms with Gasteiger partial charge in [-0.15, -0.1) is 0 Å². The lowest BCUT2D eigenvalue weighted by molar-refractivity contribution is 0.1000. The maximum absolute atomic E-state index is 12.0. The summed E-state index contributed by atoms with van der Waals surface area (Å²) in [6.45, 7) is 2.15. The molecule has 2 rings (SSSR count). The quantitative estimate of drug-likeness (QED) is 0.786. The Labute approximate surface area is 139 Å². The van der Waals surface area contributed by atoms with Gasteiger partial charge in [0.2, 0.25) is 5.91 Å². The molecular weight excluding hydrogens is 314 g/mol. The summed E-state index contributed by atoms with van der Waals surface area (Å²) in [5.74, 6) is -0.497. The van der Waals surface area contributed by atoms with Crippen LogP contribution in [-0.4, -0.2) is 11.9 Å². The lowest BCUT2D eigenvalue weighted by atomic mass is 10.1. The molecule has 120 valence electrons. The number of benzene rings is 2. The number of carbonyl (C=O) groups is 2. The first-order chi connectivity index (χ1) is 11.0. The molecule has 0 aliphatic heterocycles. The van der Waals surface area contributed by atoms with Gasteiger partial charge in [0.25, 0.3) is 0 Å². The highest BCUT2D eigenvalue weighted by Gasteiger charge is 2.12. The number of nitrogens with two attached hydrogens (primary N) is 1. The summed E-state index contributed by atoms with van der Waals surface area (Å²) in [6, 6.07) is 13.6. The van der Waals surface area contributed by atoms with Gasteiger partial charge < -0.3 is 16.4 Å². The van der Waals surface area contributed by atoms with Gasteiger partial charge in [-0.25, -0.2) is 4.79 Å². The molecule has 4 N–H and O–H groups in total. The van der Waals surface area contributed by atoms with Crippen molar-refractivity contribution in [3.63, 3.8) is 0 Å². The Balaban J connectivity index is 1.91. The summed E-state index contributed by atoms with van der Waals surface area (Å²) in [7, 11) is 0. The van der Waals surface area contributed by atoms with Crippen molar-refractivity contribution < 1.29 is 9.59 Å². The van der Waals surface area contributed by atoms with Crippen molar-refractivity contribution in [1.29, 1.82) is 0 Å². The van der Waals surface area contributed by atoms with Gasteiger partial charge in [0.05, 0.1) is 6.04 Å². The van der Waals surface area contributed by atoms with Crippen LogP contribution in [0, 0.1) is 0 Å². The van der Waals surface area contributed by atoms with E-state index in [1.54, 1.807) is 24.3 Å². The summed E-state index contributed by atoms with van der Waals surface area (Å²) in [4.78, 5) is 23.1. The molecule has 0 heterocycles. The van der Waals surface area contributed by atoms with Crippen molar-refractivity contribution in [3.05, 3.63) is 70.2 Å². The van der Waals surface area contributed by atoms with Gasteiger partial charge in [-0.2, -0.15) is 0 Å². The van der Waals surface area contributed by atoms with Gasteiger partial charge in [0.1, 0.15) is 0 Å². The number of carbonyl (C=O) groups excluding carboxylic acids is 2. The Morgan fingerprint density at radius 3 is 2.61 bits per heavy atom. The van der Waals surface area contributed by atoms with E-state index in [4.69, 9.17) is 17.3 Å². The normalized spacial score (nSPS) is 11.6. The highest BCUT2D eigenvalue weighted by Crippen LogP contribution is 2.21. The third-order valence-electron chi connectivity index (χ3n) is 3.38. The second-order valence-electron chi connectivity index (χ2n) is 5.13. The maximum atomic E-state index is 12.0. The smallest absolute Gasteiger partial charge is 0.315 e. The molecule has 2 aromatic rings. The molecule has 0 aliphatic rings. The van der Waals surface area contributed by atoms with Crippen LogP contribution in [-0.2, 0) is 6.54 Å². The van der Waals surface area contributed by atoms with E-state index in [1.165, 1.54) is 0 Å². The van der Waals surface area contributed by atoms with E-state index in [0.717, 1.165) is 11.1 Å². The summed E-state index contributed by atoms with van der Waals surface area (Å²) >= 11 is 6.11. The highest BCUT2D eigenvalue weighted by atomic mass is 35.5. The molecule has 0 radical (unpaired) electrons. The first-order valence-corrected chi connectivity index (χ1v) is 7.52. The van der Waals surface area contributed by atoms with E-state index in [-0.39, 0.29) is 12.1 Å². The summed E-state index contributed by atoms with van der Waals surface area (Å²) in [6.07, 6.45) is 0. The van der Waals surface area contributed by atoms with Crippen LogP contribution in [0.15, 0.2) is 48.5 Å². The molecule has 1 unspecified atom stereocenters. The third-order valence-corrected chi connectivity index (χ3v) is 3.73. The fraction of sp³-hybridized carbons (Fsp3) is 0.176. The number of hydrogen-bond acceptors (Lipinski definition) is 2. The number of primary amides is 1. The zero-order valence-corrected chi connectivity index (χ0v) is 13.4. The molecule has 2 aromatic carbocycles. The molecule has 0 aliphatic carbocycles. The summed E-state index contributed by atoms with van der Waals surface area (Å²) in [5, 5.41) is 6.16. The van der Waals surface area contributed by atoms with E-state index in [9.17, 15) is 9.59 Å². The van der Waals surface area contributed by atoms with Crippen LogP contribution in [0.3, 0.4) is 0 Å². The largest absolute Gasteiger partial charge is 0.366 e. The van der Waals surface area contributed by atoms with Crippen LogP contribution in [0.4, 0.5) is 4.79 Å². The SMILES string of the molecule is CC(NC(=O)NCc1cccc(C(N)=O)c1)c1ccccc1Cl. The molecule has 0 saturated heterocycles. The van der Waals surface area contributed by atoms with E-state index in [0.29, 0.717) is 17.1 Å². The van der Waals surface area contributed by atoms with Crippen molar-refractivity contribution in [2.75, 3.05) is 0 Å². The van der Waals surface area contributed by atoms with Crippen LogP contribution >= 0.6 is 11.6 Å². The minimum atomic E-state index is -0.497. The van der Waals surface area contributed by atoms with Gasteiger partial charge in [-0.1, -0.05) is 41.9 Å². The fourth-order valence-corrected chi connectivity index (χ4v) is 2.47. The lowest BCUT2D eigenvalue weighted by Crippen LogP contribution is -2.36.